The van der Waals surface area contributed by atoms with E-state index in [1.54, 1.807) is 0 Å². The molecule has 0 bridgehead atoms. The highest BCUT2D eigenvalue weighted by Crippen LogP contribution is 2.47. The van der Waals surface area contributed by atoms with Crippen molar-refractivity contribution >= 4 is 34.1 Å². The third-order valence-corrected chi connectivity index (χ3v) is 9.19. The van der Waals surface area contributed by atoms with Crippen molar-refractivity contribution in [3.63, 3.8) is 0 Å². The summed E-state index contributed by atoms with van der Waals surface area (Å²) >= 11 is 0. The van der Waals surface area contributed by atoms with Gasteiger partial charge in [-0.3, -0.25) is 0 Å². The van der Waals surface area contributed by atoms with E-state index in [0.717, 1.165) is 11.7 Å². The van der Waals surface area contributed by atoms with Gasteiger partial charge in [-0.25, -0.2) is 4.79 Å². The van der Waals surface area contributed by atoms with Crippen LogP contribution in [0.5, 0.6) is 0 Å². The molecule has 0 spiro atoms. The fraction of sp³-hybridized carbons (Fsp3) is 0.0833. The molecule has 0 unspecified atom stereocenters. The van der Waals surface area contributed by atoms with Crippen LogP contribution >= 0.6 is 6.89 Å². The first-order chi connectivity index (χ1) is 13.2. The fourth-order valence-electron chi connectivity index (χ4n) is 3.53. The molecule has 1 N–H and O–H groups in total. The first-order valence-electron chi connectivity index (χ1n) is 9.03. The normalized spacial score (nSPS) is 11.4. The Morgan fingerprint density at radius 3 is 1.41 bits per heavy atom. The Kier molecular flexibility index (Phi) is 6.11. The van der Waals surface area contributed by atoms with Gasteiger partial charge < -0.3 is 5.11 Å². The standard InChI is InChI=1S/C24H23O2P/c1-2-20(18-19-24(25)26)27(21-12-6-3-7-13-21,22-14-8-4-9-15-22)23-16-10-5-11-17-23/h3-19H,2H2,1H3,(H,25,26). The van der Waals surface area contributed by atoms with Crippen molar-refractivity contribution in [2.75, 3.05) is 0 Å². The number of rotatable bonds is 6. The predicted octanol–water partition coefficient (Wildman–Crippen LogP) is 4.20. The highest BCUT2D eigenvalue weighted by Gasteiger charge is 2.28. The van der Waals surface area contributed by atoms with Gasteiger partial charge in [0.15, 0.2) is 0 Å². The molecule has 0 aromatic heterocycles. The van der Waals surface area contributed by atoms with E-state index in [-0.39, 0.29) is 0 Å². The van der Waals surface area contributed by atoms with Crippen LogP contribution in [0.25, 0.3) is 0 Å². The molecular weight excluding hydrogens is 351 g/mol. The second-order valence-corrected chi connectivity index (χ2v) is 9.66. The molecule has 0 fully saturated rings. The van der Waals surface area contributed by atoms with E-state index in [9.17, 15) is 9.90 Å². The van der Waals surface area contributed by atoms with Crippen molar-refractivity contribution in [1.82, 2.24) is 0 Å². The summed E-state index contributed by atoms with van der Waals surface area (Å²) in [5.74, 6) is -0.923. The Morgan fingerprint density at radius 2 is 1.11 bits per heavy atom. The van der Waals surface area contributed by atoms with Crippen LogP contribution in [0.4, 0.5) is 0 Å². The van der Waals surface area contributed by atoms with E-state index in [1.807, 2.05) is 24.3 Å². The van der Waals surface area contributed by atoms with E-state index >= 15 is 0 Å². The van der Waals surface area contributed by atoms with Gasteiger partial charge in [0.05, 0.1) is 0 Å². The lowest BCUT2D eigenvalue weighted by Gasteiger charge is -2.32. The summed E-state index contributed by atoms with van der Waals surface area (Å²) in [5.41, 5.74) is 0. The molecule has 27 heavy (non-hydrogen) atoms. The van der Waals surface area contributed by atoms with Crippen LogP contribution < -0.4 is 15.9 Å². The van der Waals surface area contributed by atoms with Crippen molar-refractivity contribution in [1.29, 1.82) is 0 Å². The molecule has 0 saturated carbocycles. The average molecular weight is 374 g/mol. The molecular formula is C24H23O2P. The lowest BCUT2D eigenvalue weighted by Crippen LogP contribution is -2.29. The predicted molar refractivity (Wildman–Crippen MR) is 117 cm³/mol. The maximum absolute atomic E-state index is 11.3. The Labute approximate surface area is 160 Å². The number of hydrogen-bond donors (Lipinski definition) is 1. The highest BCUT2D eigenvalue weighted by atomic mass is 31.2. The van der Waals surface area contributed by atoms with Gasteiger partial charge in [0.2, 0.25) is 0 Å². The summed E-state index contributed by atoms with van der Waals surface area (Å²) in [6.45, 7) is -0.0508. The smallest absolute Gasteiger partial charge is 0.328 e. The summed E-state index contributed by atoms with van der Waals surface area (Å²) in [7, 11) is 0. The Hall–Kier alpha value is -2.83. The van der Waals surface area contributed by atoms with Crippen molar-refractivity contribution in [3.05, 3.63) is 103 Å². The zero-order valence-electron chi connectivity index (χ0n) is 15.3. The van der Waals surface area contributed by atoms with Crippen LogP contribution in [0.2, 0.25) is 0 Å². The maximum atomic E-state index is 11.3. The molecule has 0 amide bonds. The first kappa shape index (κ1) is 18.9. The zero-order valence-corrected chi connectivity index (χ0v) is 16.2. The number of allylic oxidation sites excluding steroid dienone is 1. The maximum Gasteiger partial charge on any atom is 0.328 e. The third-order valence-electron chi connectivity index (χ3n) is 4.64. The van der Waals surface area contributed by atoms with Gasteiger partial charge in [0, 0.05) is 6.08 Å². The minimum absolute atomic E-state index is 0.774. The summed E-state index contributed by atoms with van der Waals surface area (Å²) in [6.07, 6.45) is 3.85. The van der Waals surface area contributed by atoms with Crippen molar-refractivity contribution < 1.29 is 9.90 Å². The van der Waals surface area contributed by atoms with Gasteiger partial charge >= 0.3 is 5.97 Å². The van der Waals surface area contributed by atoms with Crippen molar-refractivity contribution in [3.8, 4) is 0 Å². The minimum atomic E-state index is -2.15. The van der Waals surface area contributed by atoms with Crippen LogP contribution in [0.3, 0.4) is 0 Å². The molecule has 0 atom stereocenters. The van der Waals surface area contributed by atoms with Crippen molar-refractivity contribution in [2.24, 2.45) is 0 Å². The highest BCUT2D eigenvalue weighted by molar-refractivity contribution is 7.95. The molecule has 0 saturated heterocycles. The van der Waals surface area contributed by atoms with E-state index in [1.165, 1.54) is 22.0 Å². The van der Waals surface area contributed by atoms with Gasteiger partial charge in [0.1, 0.15) is 0 Å². The SMILES string of the molecule is CCC(C=CC(=O)O)=P(c1ccccc1)(c1ccccc1)c1ccccc1. The monoisotopic (exact) mass is 374 g/mol. The van der Waals surface area contributed by atoms with Gasteiger partial charge in [-0.2, -0.15) is 0 Å². The first-order valence-corrected chi connectivity index (χ1v) is 10.8. The average Bonchev–Trinajstić information content (AvgIpc) is 2.73. The second-order valence-electron chi connectivity index (χ2n) is 6.19. The molecule has 0 aliphatic rings. The van der Waals surface area contributed by atoms with E-state index in [4.69, 9.17) is 0 Å². The molecule has 2 nitrogen and oxygen atoms in total. The number of carboxylic acid groups (broad SMARTS) is 1. The molecule has 0 aliphatic heterocycles. The van der Waals surface area contributed by atoms with Crippen LogP contribution in [0, 0.1) is 0 Å². The number of carbonyl (C=O) groups is 1. The van der Waals surface area contributed by atoms with Gasteiger partial charge in [0.25, 0.3) is 0 Å². The van der Waals surface area contributed by atoms with Crippen molar-refractivity contribution in [2.45, 2.75) is 13.3 Å². The lowest BCUT2D eigenvalue weighted by atomic mass is 10.3. The summed E-state index contributed by atoms with van der Waals surface area (Å²) in [4.78, 5) is 11.3. The topological polar surface area (TPSA) is 37.3 Å². The second kappa shape index (κ2) is 8.70. The summed E-state index contributed by atoms with van der Waals surface area (Å²) < 4.78 is 0. The van der Waals surface area contributed by atoms with Crippen LogP contribution in [-0.2, 0) is 4.79 Å². The fourth-order valence-corrected chi connectivity index (χ4v) is 8.05. The molecule has 3 aromatic carbocycles. The Bertz CT molecular complexity index is 871. The summed E-state index contributed by atoms with van der Waals surface area (Å²) in [5, 5.41) is 14.1. The Balaban J connectivity index is 2.53. The molecule has 3 aromatic rings. The van der Waals surface area contributed by atoms with Gasteiger partial charge in [-0.15, -0.1) is 0 Å². The van der Waals surface area contributed by atoms with Gasteiger partial charge in [-0.05, 0) is 34.5 Å². The van der Waals surface area contributed by atoms with Gasteiger partial charge in [-0.1, -0.05) is 104 Å². The molecule has 0 heterocycles. The molecule has 0 radical (unpaired) electrons. The summed E-state index contributed by atoms with van der Waals surface area (Å²) in [6, 6.07) is 31.4. The van der Waals surface area contributed by atoms with Crippen LogP contribution in [0.15, 0.2) is 103 Å². The number of carboxylic acids is 1. The molecule has 0 aliphatic carbocycles. The van der Waals surface area contributed by atoms with Crippen LogP contribution in [0.1, 0.15) is 13.3 Å². The quantitative estimate of drug-likeness (QED) is 0.519. The van der Waals surface area contributed by atoms with E-state index < -0.39 is 12.9 Å². The van der Waals surface area contributed by atoms with E-state index in [0.29, 0.717) is 0 Å². The van der Waals surface area contributed by atoms with E-state index in [2.05, 4.69) is 79.7 Å². The molecule has 136 valence electrons. The minimum Gasteiger partial charge on any atom is -0.478 e. The number of hydrogen-bond acceptors (Lipinski definition) is 1. The Morgan fingerprint density at radius 1 is 0.741 bits per heavy atom. The largest absolute Gasteiger partial charge is 0.478 e. The number of aliphatic carboxylic acids is 1. The molecule has 3 rings (SSSR count). The van der Waals surface area contributed by atoms with Crippen LogP contribution in [-0.4, -0.2) is 16.4 Å². The molecule has 3 heteroatoms. The zero-order chi connectivity index (χ0) is 19.1. The lowest BCUT2D eigenvalue weighted by molar-refractivity contribution is -0.131. The third kappa shape index (κ3) is 3.82. The number of benzene rings is 3.